The molecule has 1 aliphatic heterocycles. The van der Waals surface area contributed by atoms with Gasteiger partial charge in [0.2, 0.25) is 0 Å². The molecule has 1 saturated heterocycles. The first-order valence-corrected chi connectivity index (χ1v) is 14.9. The van der Waals surface area contributed by atoms with Gasteiger partial charge in [0.05, 0.1) is 30.6 Å². The van der Waals surface area contributed by atoms with E-state index in [1.807, 2.05) is 108 Å². The van der Waals surface area contributed by atoms with Crippen molar-refractivity contribution in [3.8, 4) is 11.3 Å². The molecule has 4 aromatic rings. The van der Waals surface area contributed by atoms with Crippen molar-refractivity contribution in [1.82, 2.24) is 14.8 Å². The molecule has 0 radical (unpaired) electrons. The third-order valence-electron chi connectivity index (χ3n) is 7.33. The van der Waals surface area contributed by atoms with Crippen LogP contribution in [-0.2, 0) is 16.0 Å². The number of fused-ring (bicyclic) bond motifs is 1. The maximum atomic E-state index is 14.1. The second kappa shape index (κ2) is 12.1. The highest BCUT2D eigenvalue weighted by atomic mass is 16.6. The molecule has 8 heteroatoms. The third-order valence-corrected chi connectivity index (χ3v) is 7.33. The fourth-order valence-corrected chi connectivity index (χ4v) is 5.66. The van der Waals surface area contributed by atoms with E-state index < -0.39 is 29.4 Å². The number of likely N-dealkylation sites (tertiary alicyclic amines) is 1. The number of amides is 2. The molecular weight excluding hydrogens is 542 g/mol. The van der Waals surface area contributed by atoms with E-state index in [-0.39, 0.29) is 12.6 Å². The average molecular weight is 584 g/mol. The predicted octanol–water partition coefficient (Wildman–Crippen LogP) is 8.37. The highest BCUT2D eigenvalue weighted by Gasteiger charge is 2.43. The van der Waals surface area contributed by atoms with Gasteiger partial charge in [-0.2, -0.15) is 0 Å². The van der Waals surface area contributed by atoms with E-state index in [1.54, 1.807) is 22.3 Å². The van der Waals surface area contributed by atoms with Crippen LogP contribution in [0.4, 0.5) is 9.59 Å². The van der Waals surface area contributed by atoms with Crippen molar-refractivity contribution >= 4 is 23.2 Å². The number of carbonyl (C=O) groups is 2. The minimum Gasteiger partial charge on any atom is -0.464 e. The lowest BCUT2D eigenvalue weighted by molar-refractivity contribution is -0.0262. The topological polar surface area (TPSA) is 85.1 Å². The number of hydrogen-bond donors (Lipinski definition) is 0. The van der Waals surface area contributed by atoms with E-state index >= 15 is 0 Å². The summed E-state index contributed by atoms with van der Waals surface area (Å²) >= 11 is 0. The Balaban J connectivity index is 1.61. The van der Waals surface area contributed by atoms with Gasteiger partial charge in [-0.25, -0.2) is 9.59 Å². The fourth-order valence-electron chi connectivity index (χ4n) is 5.66. The SMILES string of the molecule is CC(C)(C)OC(=O)N(Cc1cc(-c2ccccn2)cc2ccoc12)[C@H]1CCCN(C(=O)OC(C)(C)C)[C@H]1c1ccccc1. The number of ether oxygens (including phenoxy) is 2. The molecular formula is C35H41N3O5. The maximum absolute atomic E-state index is 14.1. The molecule has 0 aliphatic carbocycles. The van der Waals surface area contributed by atoms with Crippen molar-refractivity contribution in [2.24, 2.45) is 0 Å². The summed E-state index contributed by atoms with van der Waals surface area (Å²) in [7, 11) is 0. The summed E-state index contributed by atoms with van der Waals surface area (Å²) in [5, 5.41) is 0.918. The van der Waals surface area contributed by atoms with Crippen LogP contribution in [-0.4, -0.2) is 50.8 Å². The van der Waals surface area contributed by atoms with Gasteiger partial charge >= 0.3 is 12.2 Å². The number of benzene rings is 2. The summed E-state index contributed by atoms with van der Waals surface area (Å²) < 4.78 is 17.8. The molecule has 0 bridgehead atoms. The van der Waals surface area contributed by atoms with Crippen LogP contribution in [0.1, 0.15) is 71.6 Å². The summed E-state index contributed by atoms with van der Waals surface area (Å²) in [5.74, 6) is 0. The van der Waals surface area contributed by atoms with Gasteiger partial charge in [0, 0.05) is 29.3 Å². The van der Waals surface area contributed by atoms with E-state index in [4.69, 9.17) is 13.9 Å². The summed E-state index contributed by atoms with van der Waals surface area (Å²) in [6.07, 6.45) is 3.95. The number of hydrogen-bond acceptors (Lipinski definition) is 6. The highest BCUT2D eigenvalue weighted by Crippen LogP contribution is 2.38. The Morgan fingerprint density at radius 3 is 2.35 bits per heavy atom. The van der Waals surface area contributed by atoms with Crippen LogP contribution in [0.5, 0.6) is 0 Å². The summed E-state index contributed by atoms with van der Waals surface area (Å²) in [4.78, 5) is 35.8. The lowest BCUT2D eigenvalue weighted by Gasteiger charge is -2.46. The first kappa shape index (κ1) is 30.1. The molecule has 0 N–H and O–H groups in total. The van der Waals surface area contributed by atoms with Crippen LogP contribution < -0.4 is 0 Å². The summed E-state index contributed by atoms with van der Waals surface area (Å²) in [6.45, 7) is 11.9. The van der Waals surface area contributed by atoms with Crippen molar-refractivity contribution in [3.05, 3.63) is 90.3 Å². The van der Waals surface area contributed by atoms with Crippen LogP contribution >= 0.6 is 0 Å². The van der Waals surface area contributed by atoms with Gasteiger partial charge in [-0.15, -0.1) is 0 Å². The molecule has 5 rings (SSSR count). The predicted molar refractivity (Wildman–Crippen MR) is 166 cm³/mol. The molecule has 1 aliphatic rings. The molecule has 8 nitrogen and oxygen atoms in total. The van der Waals surface area contributed by atoms with Gasteiger partial charge in [-0.1, -0.05) is 36.4 Å². The molecule has 2 aromatic heterocycles. The number of furan rings is 1. The molecule has 0 saturated carbocycles. The first-order valence-electron chi connectivity index (χ1n) is 14.9. The number of rotatable bonds is 5. The number of piperidine rings is 1. The lowest BCUT2D eigenvalue weighted by Crippen LogP contribution is -2.54. The van der Waals surface area contributed by atoms with Crippen molar-refractivity contribution in [2.45, 2.75) is 84.2 Å². The van der Waals surface area contributed by atoms with Crippen molar-refractivity contribution in [1.29, 1.82) is 0 Å². The minimum atomic E-state index is -0.715. The monoisotopic (exact) mass is 583 g/mol. The van der Waals surface area contributed by atoms with Crippen LogP contribution in [0.2, 0.25) is 0 Å². The summed E-state index contributed by atoms with van der Waals surface area (Å²) in [6, 6.07) is 20.8. The molecule has 2 amide bonds. The Bertz CT molecular complexity index is 1550. The molecule has 2 aromatic carbocycles. The standard InChI is InChI=1S/C35H41N3O5/c1-34(2,3)42-32(39)37-19-12-16-29(30(37)24-13-8-7-9-14-24)38(33(40)43-35(4,5)6)23-27-22-26(28-15-10-11-18-36-28)21-25-17-20-41-31(25)27/h7-11,13-15,17-18,20-22,29-30H,12,16,19,23H2,1-6H3/t29-,30-/m0/s1. The Morgan fingerprint density at radius 1 is 0.953 bits per heavy atom. The molecule has 1 fully saturated rings. The maximum Gasteiger partial charge on any atom is 0.410 e. The van der Waals surface area contributed by atoms with Gasteiger partial charge in [-0.05, 0) is 90.3 Å². The molecule has 43 heavy (non-hydrogen) atoms. The van der Waals surface area contributed by atoms with Gasteiger partial charge in [-0.3, -0.25) is 14.8 Å². The van der Waals surface area contributed by atoms with Crippen molar-refractivity contribution in [3.63, 3.8) is 0 Å². The normalized spacial score (nSPS) is 17.5. The lowest BCUT2D eigenvalue weighted by atomic mass is 9.89. The van der Waals surface area contributed by atoms with Gasteiger partial charge < -0.3 is 13.9 Å². The zero-order valence-corrected chi connectivity index (χ0v) is 25.9. The van der Waals surface area contributed by atoms with E-state index in [0.717, 1.165) is 27.8 Å². The molecule has 3 heterocycles. The number of pyridine rings is 1. The Kier molecular flexibility index (Phi) is 8.49. The second-order valence-corrected chi connectivity index (χ2v) is 13.0. The van der Waals surface area contributed by atoms with Crippen LogP contribution in [0.25, 0.3) is 22.2 Å². The van der Waals surface area contributed by atoms with E-state index in [1.165, 1.54) is 0 Å². The average Bonchev–Trinajstić information content (AvgIpc) is 3.44. The van der Waals surface area contributed by atoms with Gasteiger partial charge in [0.1, 0.15) is 16.8 Å². The van der Waals surface area contributed by atoms with Crippen LogP contribution in [0.15, 0.2) is 83.6 Å². The highest BCUT2D eigenvalue weighted by molar-refractivity contribution is 5.86. The summed E-state index contributed by atoms with van der Waals surface area (Å²) in [5.41, 5.74) is 2.83. The van der Waals surface area contributed by atoms with E-state index in [0.29, 0.717) is 25.0 Å². The second-order valence-electron chi connectivity index (χ2n) is 13.0. The third kappa shape index (κ3) is 7.19. The fraction of sp³-hybridized carbons (Fsp3) is 0.400. The zero-order valence-electron chi connectivity index (χ0n) is 25.9. The molecule has 2 atom stereocenters. The van der Waals surface area contributed by atoms with Gasteiger partial charge in [0.15, 0.2) is 0 Å². The molecule has 0 unspecified atom stereocenters. The smallest absolute Gasteiger partial charge is 0.410 e. The minimum absolute atomic E-state index is 0.218. The largest absolute Gasteiger partial charge is 0.464 e. The molecule has 0 spiro atoms. The Labute approximate surface area is 253 Å². The first-order chi connectivity index (χ1) is 20.4. The number of aromatic nitrogens is 1. The number of nitrogens with zero attached hydrogens (tertiary/aromatic N) is 3. The van der Waals surface area contributed by atoms with Gasteiger partial charge in [0.25, 0.3) is 0 Å². The van der Waals surface area contributed by atoms with Crippen molar-refractivity contribution in [2.75, 3.05) is 6.54 Å². The van der Waals surface area contributed by atoms with E-state index in [9.17, 15) is 9.59 Å². The Morgan fingerprint density at radius 2 is 1.67 bits per heavy atom. The quantitative estimate of drug-likeness (QED) is 0.235. The zero-order chi connectivity index (χ0) is 30.8. The molecule has 226 valence electrons. The Hall–Kier alpha value is -4.33. The van der Waals surface area contributed by atoms with Crippen LogP contribution in [0.3, 0.4) is 0 Å². The van der Waals surface area contributed by atoms with Crippen molar-refractivity contribution < 1.29 is 23.5 Å². The number of carbonyl (C=O) groups excluding carboxylic acids is 2. The van der Waals surface area contributed by atoms with E-state index in [2.05, 4.69) is 4.98 Å². The van der Waals surface area contributed by atoms with Crippen LogP contribution in [0, 0.1) is 0 Å².